The van der Waals surface area contributed by atoms with Gasteiger partial charge in [-0.05, 0) is 39.1 Å². The zero-order chi connectivity index (χ0) is 11.0. The van der Waals surface area contributed by atoms with Crippen LogP contribution in [0.25, 0.3) is 10.4 Å². The summed E-state index contributed by atoms with van der Waals surface area (Å²) in [5, 5.41) is 3.41. The van der Waals surface area contributed by atoms with E-state index in [9.17, 15) is 4.79 Å². The van der Waals surface area contributed by atoms with Crippen LogP contribution >= 0.6 is 0 Å². The van der Waals surface area contributed by atoms with Gasteiger partial charge in [0.25, 0.3) is 0 Å². The van der Waals surface area contributed by atoms with Crippen LogP contribution in [0.3, 0.4) is 0 Å². The van der Waals surface area contributed by atoms with Gasteiger partial charge in [0.1, 0.15) is 0 Å². The number of rotatable bonds is 6. The Bertz CT molecular complexity index is 232. The first-order valence-electron chi connectivity index (χ1n) is 4.72. The minimum Gasteiger partial charge on any atom is -0.466 e. The second-order valence-corrected chi connectivity index (χ2v) is 3.66. The van der Waals surface area contributed by atoms with Crippen LogP contribution in [0.15, 0.2) is 5.11 Å². The number of carbonyl (C=O) groups excluding carboxylic acids is 1. The smallest absolute Gasteiger partial charge is 0.311 e. The molecule has 0 aliphatic heterocycles. The lowest BCUT2D eigenvalue weighted by atomic mass is 9.88. The summed E-state index contributed by atoms with van der Waals surface area (Å²) >= 11 is 0. The maximum absolute atomic E-state index is 11.4. The molecule has 0 aliphatic carbocycles. The highest BCUT2D eigenvalue weighted by Gasteiger charge is 2.28. The van der Waals surface area contributed by atoms with Gasteiger partial charge in [0, 0.05) is 11.5 Å². The zero-order valence-corrected chi connectivity index (χ0v) is 8.99. The van der Waals surface area contributed by atoms with Gasteiger partial charge in [-0.2, -0.15) is 0 Å². The molecule has 0 amide bonds. The Kier molecular flexibility index (Phi) is 5.72. The van der Waals surface area contributed by atoms with Crippen molar-refractivity contribution >= 4 is 5.97 Å². The van der Waals surface area contributed by atoms with Crippen molar-refractivity contribution in [3.05, 3.63) is 10.4 Å². The number of azide groups is 1. The molecule has 0 saturated heterocycles. The predicted molar refractivity (Wildman–Crippen MR) is 53.7 cm³/mol. The first-order chi connectivity index (χ1) is 6.54. The average molecular weight is 199 g/mol. The third-order valence-corrected chi connectivity index (χ3v) is 1.95. The molecule has 5 heteroatoms. The molecule has 0 fully saturated rings. The van der Waals surface area contributed by atoms with Gasteiger partial charge in [0.05, 0.1) is 12.0 Å². The van der Waals surface area contributed by atoms with Crippen LogP contribution in [0.5, 0.6) is 0 Å². The van der Waals surface area contributed by atoms with E-state index in [0.29, 0.717) is 26.0 Å². The van der Waals surface area contributed by atoms with Crippen molar-refractivity contribution in [1.29, 1.82) is 0 Å². The molecule has 0 heterocycles. The van der Waals surface area contributed by atoms with E-state index in [-0.39, 0.29) is 5.97 Å². The Morgan fingerprint density at radius 3 is 2.71 bits per heavy atom. The van der Waals surface area contributed by atoms with Crippen LogP contribution in [0.4, 0.5) is 0 Å². The molecule has 0 rings (SSSR count). The summed E-state index contributed by atoms with van der Waals surface area (Å²) in [6.07, 6.45) is 1.38. The van der Waals surface area contributed by atoms with Crippen molar-refractivity contribution in [2.75, 3.05) is 13.2 Å². The Labute approximate surface area is 84.1 Å². The molecule has 0 saturated carbocycles. The maximum atomic E-state index is 11.4. The SMILES string of the molecule is CCOC(=O)C(C)(C)CCCN=[N+]=[N-]. The summed E-state index contributed by atoms with van der Waals surface area (Å²) < 4.78 is 4.92. The molecule has 80 valence electrons. The second kappa shape index (κ2) is 6.27. The van der Waals surface area contributed by atoms with Gasteiger partial charge in [-0.25, -0.2) is 0 Å². The molecule has 0 radical (unpaired) electrons. The van der Waals surface area contributed by atoms with E-state index in [1.807, 2.05) is 13.8 Å². The third-order valence-electron chi connectivity index (χ3n) is 1.95. The van der Waals surface area contributed by atoms with E-state index in [1.54, 1.807) is 6.92 Å². The summed E-state index contributed by atoms with van der Waals surface area (Å²) in [6.45, 7) is 6.29. The molecular weight excluding hydrogens is 182 g/mol. The van der Waals surface area contributed by atoms with Crippen LogP contribution in [-0.4, -0.2) is 19.1 Å². The molecule has 14 heavy (non-hydrogen) atoms. The molecule has 0 aromatic rings. The largest absolute Gasteiger partial charge is 0.466 e. The average Bonchev–Trinajstić information content (AvgIpc) is 2.13. The Balaban J connectivity index is 3.93. The highest BCUT2D eigenvalue weighted by molar-refractivity contribution is 5.75. The topological polar surface area (TPSA) is 75.1 Å². The van der Waals surface area contributed by atoms with Gasteiger partial charge >= 0.3 is 5.97 Å². The van der Waals surface area contributed by atoms with Gasteiger partial charge in [0.15, 0.2) is 0 Å². The molecule has 0 aromatic carbocycles. The normalized spacial score (nSPS) is 10.5. The van der Waals surface area contributed by atoms with E-state index in [1.165, 1.54) is 0 Å². The lowest BCUT2D eigenvalue weighted by Crippen LogP contribution is -2.26. The molecule has 0 bridgehead atoms. The molecule has 0 aliphatic rings. The lowest BCUT2D eigenvalue weighted by Gasteiger charge is -2.21. The standard InChI is InChI=1S/C9H17N3O2/c1-4-14-8(13)9(2,3)6-5-7-11-12-10/h4-7H2,1-3H3. The maximum Gasteiger partial charge on any atom is 0.311 e. The number of esters is 1. The van der Waals surface area contributed by atoms with Crippen LogP contribution < -0.4 is 0 Å². The Morgan fingerprint density at radius 2 is 2.21 bits per heavy atom. The van der Waals surface area contributed by atoms with Crippen LogP contribution in [-0.2, 0) is 9.53 Å². The molecule has 0 unspecified atom stereocenters. The van der Waals surface area contributed by atoms with Crippen molar-refractivity contribution in [3.8, 4) is 0 Å². The van der Waals surface area contributed by atoms with Gasteiger partial charge in [0.2, 0.25) is 0 Å². The van der Waals surface area contributed by atoms with Gasteiger partial charge in [-0.3, -0.25) is 4.79 Å². The molecule has 0 atom stereocenters. The number of hydrogen-bond acceptors (Lipinski definition) is 3. The second-order valence-electron chi connectivity index (χ2n) is 3.66. The van der Waals surface area contributed by atoms with Gasteiger partial charge < -0.3 is 4.74 Å². The molecule has 0 N–H and O–H groups in total. The van der Waals surface area contributed by atoms with E-state index >= 15 is 0 Å². The number of ether oxygens (including phenoxy) is 1. The quantitative estimate of drug-likeness (QED) is 0.217. The van der Waals surface area contributed by atoms with E-state index in [2.05, 4.69) is 10.0 Å². The first kappa shape index (κ1) is 12.8. The molecular formula is C9H17N3O2. The number of nitrogens with zero attached hydrogens (tertiary/aromatic N) is 3. The van der Waals surface area contributed by atoms with Crippen LogP contribution in [0, 0.1) is 5.41 Å². The summed E-state index contributed by atoms with van der Waals surface area (Å²) in [5.41, 5.74) is 7.57. The molecule has 0 aromatic heterocycles. The Hall–Kier alpha value is -1.22. The fraction of sp³-hybridized carbons (Fsp3) is 0.889. The monoisotopic (exact) mass is 199 g/mol. The highest BCUT2D eigenvalue weighted by atomic mass is 16.5. The van der Waals surface area contributed by atoms with E-state index in [0.717, 1.165) is 0 Å². The van der Waals surface area contributed by atoms with E-state index < -0.39 is 5.41 Å². The van der Waals surface area contributed by atoms with E-state index in [4.69, 9.17) is 10.3 Å². The Morgan fingerprint density at radius 1 is 1.57 bits per heavy atom. The third kappa shape index (κ3) is 4.72. The van der Waals surface area contributed by atoms with Crippen molar-refractivity contribution in [2.45, 2.75) is 33.6 Å². The summed E-state index contributed by atoms with van der Waals surface area (Å²) in [4.78, 5) is 14.0. The van der Waals surface area contributed by atoms with Crippen molar-refractivity contribution < 1.29 is 9.53 Å². The number of carbonyl (C=O) groups is 1. The molecule has 0 spiro atoms. The van der Waals surface area contributed by atoms with Gasteiger partial charge in [-0.1, -0.05) is 5.11 Å². The number of hydrogen-bond donors (Lipinski definition) is 0. The van der Waals surface area contributed by atoms with Crippen molar-refractivity contribution in [3.63, 3.8) is 0 Å². The highest BCUT2D eigenvalue weighted by Crippen LogP contribution is 2.23. The van der Waals surface area contributed by atoms with Gasteiger partial charge in [-0.15, -0.1) is 0 Å². The first-order valence-corrected chi connectivity index (χ1v) is 4.72. The van der Waals surface area contributed by atoms with Crippen molar-refractivity contribution in [2.24, 2.45) is 10.5 Å². The van der Waals surface area contributed by atoms with Crippen LogP contribution in [0.1, 0.15) is 33.6 Å². The van der Waals surface area contributed by atoms with Crippen molar-refractivity contribution in [1.82, 2.24) is 0 Å². The zero-order valence-electron chi connectivity index (χ0n) is 8.99. The lowest BCUT2D eigenvalue weighted by molar-refractivity contribution is -0.153. The summed E-state index contributed by atoms with van der Waals surface area (Å²) in [5.74, 6) is -0.194. The molecule has 5 nitrogen and oxygen atoms in total. The predicted octanol–water partition coefficient (Wildman–Crippen LogP) is 2.67. The fourth-order valence-electron chi connectivity index (χ4n) is 1.06. The van der Waals surface area contributed by atoms with Crippen LogP contribution in [0.2, 0.25) is 0 Å². The minimum atomic E-state index is -0.485. The minimum absolute atomic E-state index is 0.194. The fourth-order valence-corrected chi connectivity index (χ4v) is 1.06. The summed E-state index contributed by atoms with van der Waals surface area (Å²) in [6, 6.07) is 0. The summed E-state index contributed by atoms with van der Waals surface area (Å²) in [7, 11) is 0.